The first-order valence-electron chi connectivity index (χ1n) is 8.71. The largest absolute Gasteiger partial charge is 0.586 e. The molecule has 1 unspecified atom stereocenters. The van der Waals surface area contributed by atoms with Crippen molar-refractivity contribution in [3.8, 4) is 0 Å². The second-order valence-electron chi connectivity index (χ2n) is 7.33. The summed E-state index contributed by atoms with van der Waals surface area (Å²) in [5, 5.41) is 0. The lowest BCUT2D eigenvalue weighted by Gasteiger charge is -2.36. The lowest BCUT2D eigenvalue weighted by molar-refractivity contribution is -0.326. The predicted octanol–water partition coefficient (Wildman–Crippen LogP) is 4.09. The molecule has 3 fully saturated rings. The predicted molar refractivity (Wildman–Crippen MR) is 83.0 cm³/mol. The SMILES string of the molecule is CC[C@]12C[C@H](F)CN1[C@@H](C1C=CC=C3OC(F)(F)OC3=C1)[C@@H](CF)C2. The van der Waals surface area contributed by atoms with Gasteiger partial charge in [0.05, 0.1) is 6.67 Å². The number of fused-ring (bicyclic) bond motifs is 2. The first kappa shape index (κ1) is 16.9. The number of halogens is 4. The topological polar surface area (TPSA) is 21.7 Å². The molecule has 25 heavy (non-hydrogen) atoms. The Labute approximate surface area is 144 Å². The minimum absolute atomic E-state index is 0.0370. The lowest BCUT2D eigenvalue weighted by Crippen LogP contribution is -2.45. The molecule has 0 aromatic heterocycles. The fraction of sp³-hybridized carbons (Fsp3) is 0.667. The van der Waals surface area contributed by atoms with Crippen LogP contribution in [-0.2, 0) is 9.47 Å². The van der Waals surface area contributed by atoms with Gasteiger partial charge in [0, 0.05) is 30.0 Å². The Hall–Kier alpha value is -1.50. The second-order valence-corrected chi connectivity index (χ2v) is 7.33. The molecule has 0 radical (unpaired) electrons. The van der Waals surface area contributed by atoms with E-state index in [4.69, 9.17) is 0 Å². The number of nitrogens with zero attached hydrogens (tertiary/aromatic N) is 1. The van der Waals surface area contributed by atoms with Crippen molar-refractivity contribution in [1.82, 2.24) is 4.90 Å². The molecule has 3 aliphatic heterocycles. The highest BCUT2D eigenvalue weighted by molar-refractivity contribution is 5.34. The Morgan fingerprint density at radius 2 is 2.00 bits per heavy atom. The van der Waals surface area contributed by atoms with Gasteiger partial charge in [0.1, 0.15) is 6.17 Å². The van der Waals surface area contributed by atoms with Gasteiger partial charge in [-0.15, -0.1) is 8.78 Å². The molecular formula is C18H21F4NO2. The smallest absolute Gasteiger partial charge is 0.396 e. The molecule has 5 atom stereocenters. The number of alkyl halides is 4. The van der Waals surface area contributed by atoms with Gasteiger partial charge in [-0.2, -0.15) is 0 Å². The van der Waals surface area contributed by atoms with Gasteiger partial charge in [0.2, 0.25) is 0 Å². The summed E-state index contributed by atoms with van der Waals surface area (Å²) in [6.07, 6.45) is 3.54. The van der Waals surface area contributed by atoms with Crippen LogP contribution in [0.5, 0.6) is 0 Å². The molecule has 3 heterocycles. The van der Waals surface area contributed by atoms with Crippen LogP contribution in [0.4, 0.5) is 17.6 Å². The van der Waals surface area contributed by atoms with E-state index in [1.54, 1.807) is 12.2 Å². The molecule has 0 bridgehead atoms. The van der Waals surface area contributed by atoms with E-state index in [1.807, 2.05) is 13.0 Å². The highest BCUT2D eigenvalue weighted by atomic mass is 19.3. The highest BCUT2D eigenvalue weighted by Gasteiger charge is 2.57. The summed E-state index contributed by atoms with van der Waals surface area (Å²) >= 11 is 0. The minimum Gasteiger partial charge on any atom is -0.396 e. The summed E-state index contributed by atoms with van der Waals surface area (Å²) in [4.78, 5) is 2.06. The Bertz CT molecular complexity index is 647. The van der Waals surface area contributed by atoms with Crippen LogP contribution in [0.3, 0.4) is 0 Å². The fourth-order valence-corrected chi connectivity index (χ4v) is 4.99. The van der Waals surface area contributed by atoms with Crippen LogP contribution in [-0.4, -0.2) is 42.2 Å². The van der Waals surface area contributed by atoms with Crippen molar-refractivity contribution in [2.45, 2.75) is 50.2 Å². The quantitative estimate of drug-likeness (QED) is 0.709. The molecule has 0 aromatic carbocycles. The zero-order valence-electron chi connectivity index (χ0n) is 13.9. The number of hydrogen-bond donors (Lipinski definition) is 0. The Morgan fingerprint density at radius 3 is 2.72 bits per heavy atom. The summed E-state index contributed by atoms with van der Waals surface area (Å²) in [6.45, 7) is 1.75. The van der Waals surface area contributed by atoms with Crippen molar-refractivity contribution in [3.05, 3.63) is 35.8 Å². The van der Waals surface area contributed by atoms with Crippen LogP contribution in [0, 0.1) is 11.8 Å². The molecule has 0 amide bonds. The molecule has 3 nitrogen and oxygen atoms in total. The average molecular weight is 359 g/mol. The van der Waals surface area contributed by atoms with Crippen LogP contribution in [0.15, 0.2) is 35.8 Å². The molecule has 0 saturated carbocycles. The molecule has 4 aliphatic rings. The van der Waals surface area contributed by atoms with Crippen molar-refractivity contribution >= 4 is 0 Å². The van der Waals surface area contributed by atoms with Gasteiger partial charge in [-0.1, -0.05) is 19.1 Å². The van der Waals surface area contributed by atoms with Crippen molar-refractivity contribution < 1.29 is 27.0 Å². The minimum atomic E-state index is -3.69. The monoisotopic (exact) mass is 359 g/mol. The average Bonchev–Trinajstić information content (AvgIpc) is 3.07. The van der Waals surface area contributed by atoms with Crippen molar-refractivity contribution in [1.29, 1.82) is 0 Å². The van der Waals surface area contributed by atoms with Gasteiger partial charge in [0.25, 0.3) is 0 Å². The third-order valence-electron chi connectivity index (χ3n) is 5.97. The van der Waals surface area contributed by atoms with Crippen LogP contribution in [0.1, 0.15) is 26.2 Å². The third-order valence-corrected chi connectivity index (χ3v) is 5.97. The van der Waals surface area contributed by atoms with E-state index in [0.717, 1.165) is 6.42 Å². The molecule has 1 aliphatic carbocycles. The summed E-state index contributed by atoms with van der Waals surface area (Å²) in [6, 6.07) is -0.278. The van der Waals surface area contributed by atoms with E-state index >= 15 is 0 Å². The van der Waals surface area contributed by atoms with Gasteiger partial charge >= 0.3 is 6.29 Å². The standard InChI is InChI=1S/C18H21F4NO2/c1-2-17-7-12(9-19)16(23(17)10-13(20)8-17)11-4-3-5-14-15(6-11)25-18(21,22)24-14/h3-6,11-13,16H,2,7-10H2,1H3/t11?,12-,13+,16+,17+/m1/s1. The number of allylic oxidation sites excluding steroid dienone is 2. The first-order valence-corrected chi connectivity index (χ1v) is 8.71. The van der Waals surface area contributed by atoms with Gasteiger partial charge in [-0.05, 0) is 31.4 Å². The van der Waals surface area contributed by atoms with E-state index < -0.39 is 19.1 Å². The maximum atomic E-state index is 14.1. The Morgan fingerprint density at radius 1 is 1.24 bits per heavy atom. The third kappa shape index (κ3) is 2.67. The summed E-state index contributed by atoms with van der Waals surface area (Å²) in [5.41, 5.74) is -0.341. The summed E-state index contributed by atoms with van der Waals surface area (Å²) in [5.74, 6) is -0.684. The van der Waals surface area contributed by atoms with E-state index in [-0.39, 0.29) is 41.5 Å². The fourth-order valence-electron chi connectivity index (χ4n) is 4.99. The van der Waals surface area contributed by atoms with Crippen LogP contribution in [0.2, 0.25) is 0 Å². The Kier molecular flexibility index (Phi) is 3.90. The summed E-state index contributed by atoms with van der Waals surface area (Å²) < 4.78 is 63.6. The van der Waals surface area contributed by atoms with Crippen molar-refractivity contribution in [2.24, 2.45) is 11.8 Å². The molecule has 0 spiro atoms. The maximum absolute atomic E-state index is 14.1. The first-order chi connectivity index (χ1) is 11.9. The van der Waals surface area contributed by atoms with E-state index in [1.165, 1.54) is 6.08 Å². The molecule has 3 saturated heterocycles. The molecule has 7 heteroatoms. The molecule has 0 aromatic rings. The van der Waals surface area contributed by atoms with Crippen LogP contribution >= 0.6 is 0 Å². The molecule has 138 valence electrons. The zero-order valence-corrected chi connectivity index (χ0v) is 13.9. The van der Waals surface area contributed by atoms with Crippen molar-refractivity contribution in [3.63, 3.8) is 0 Å². The zero-order chi connectivity index (χ0) is 17.8. The highest BCUT2D eigenvalue weighted by Crippen LogP contribution is 2.51. The van der Waals surface area contributed by atoms with Gasteiger partial charge in [-0.3, -0.25) is 9.29 Å². The number of rotatable bonds is 3. The van der Waals surface area contributed by atoms with E-state index in [2.05, 4.69) is 14.4 Å². The van der Waals surface area contributed by atoms with Crippen molar-refractivity contribution in [2.75, 3.05) is 13.2 Å². The maximum Gasteiger partial charge on any atom is 0.586 e. The Balaban J connectivity index is 1.67. The summed E-state index contributed by atoms with van der Waals surface area (Å²) in [7, 11) is 0. The molecule has 4 rings (SSSR count). The lowest BCUT2D eigenvalue weighted by atomic mass is 9.84. The molecule has 0 N–H and O–H groups in total. The normalized spacial score (nSPS) is 42.1. The van der Waals surface area contributed by atoms with Gasteiger partial charge < -0.3 is 9.47 Å². The number of ether oxygens (including phenoxy) is 2. The van der Waals surface area contributed by atoms with Gasteiger partial charge in [0.15, 0.2) is 11.5 Å². The number of hydrogen-bond acceptors (Lipinski definition) is 3. The van der Waals surface area contributed by atoms with Crippen LogP contribution < -0.4 is 0 Å². The molecular weight excluding hydrogens is 338 g/mol. The van der Waals surface area contributed by atoms with Crippen LogP contribution in [0.25, 0.3) is 0 Å². The van der Waals surface area contributed by atoms with E-state index in [0.29, 0.717) is 12.8 Å². The second kappa shape index (κ2) is 5.76. The van der Waals surface area contributed by atoms with Gasteiger partial charge in [-0.25, -0.2) is 4.39 Å². The van der Waals surface area contributed by atoms with E-state index in [9.17, 15) is 17.6 Å².